The number of alkyl halides is 3. The van der Waals surface area contributed by atoms with E-state index in [1.165, 1.54) is 24.4 Å². The van der Waals surface area contributed by atoms with Crippen molar-refractivity contribution in [3.63, 3.8) is 0 Å². The van der Waals surface area contributed by atoms with Gasteiger partial charge in [0.2, 0.25) is 0 Å². The Morgan fingerprint density at radius 1 is 1.08 bits per heavy atom. The van der Waals surface area contributed by atoms with Gasteiger partial charge in [0.25, 0.3) is 5.91 Å². The van der Waals surface area contributed by atoms with Crippen LogP contribution in [-0.2, 0) is 6.18 Å². The summed E-state index contributed by atoms with van der Waals surface area (Å²) in [6, 6.07) is 8.64. The Labute approximate surface area is 137 Å². The van der Waals surface area contributed by atoms with Crippen LogP contribution in [0.3, 0.4) is 0 Å². The monoisotopic (exact) mass is 334 g/mol. The Hall–Kier alpha value is -2.57. The lowest BCUT2D eigenvalue weighted by Crippen LogP contribution is -2.49. The summed E-state index contributed by atoms with van der Waals surface area (Å²) in [4.78, 5) is 19.4. The van der Waals surface area contributed by atoms with Crippen LogP contribution in [0, 0.1) is 6.20 Å². The Balaban J connectivity index is 1.71. The van der Waals surface area contributed by atoms with Gasteiger partial charge >= 0.3 is 6.18 Å². The van der Waals surface area contributed by atoms with Gasteiger partial charge in [0.05, 0.1) is 11.8 Å². The molecule has 1 fully saturated rings. The number of anilines is 1. The van der Waals surface area contributed by atoms with Crippen molar-refractivity contribution in [1.29, 1.82) is 0 Å². The van der Waals surface area contributed by atoms with Crippen molar-refractivity contribution in [2.24, 2.45) is 0 Å². The predicted octanol–water partition coefficient (Wildman–Crippen LogP) is 2.86. The molecular formula is C17H15F3N3O. The summed E-state index contributed by atoms with van der Waals surface area (Å²) in [6.07, 6.45) is -0.297. The number of nitrogens with zero attached hydrogens (tertiary/aromatic N) is 3. The van der Waals surface area contributed by atoms with E-state index in [1.807, 2.05) is 0 Å². The highest BCUT2D eigenvalue weighted by atomic mass is 19.4. The molecule has 1 aliphatic heterocycles. The molecule has 0 spiro atoms. The number of hydrogen-bond donors (Lipinski definition) is 0. The van der Waals surface area contributed by atoms with Crippen molar-refractivity contribution in [2.45, 2.75) is 6.18 Å². The predicted molar refractivity (Wildman–Crippen MR) is 82.6 cm³/mol. The third-order valence-corrected chi connectivity index (χ3v) is 3.99. The van der Waals surface area contributed by atoms with Crippen LogP contribution in [-0.4, -0.2) is 42.0 Å². The second-order valence-electron chi connectivity index (χ2n) is 5.47. The molecule has 0 aliphatic carbocycles. The molecule has 0 unspecified atom stereocenters. The minimum absolute atomic E-state index is 0.155. The largest absolute Gasteiger partial charge is 0.418 e. The number of rotatable bonds is 2. The molecule has 2 aromatic rings. The van der Waals surface area contributed by atoms with E-state index in [2.05, 4.69) is 11.2 Å². The number of halogens is 3. The van der Waals surface area contributed by atoms with Crippen molar-refractivity contribution in [2.75, 3.05) is 31.1 Å². The van der Waals surface area contributed by atoms with E-state index in [0.29, 0.717) is 31.7 Å². The number of para-hydroxylation sites is 1. The molecule has 1 radical (unpaired) electrons. The first-order valence-corrected chi connectivity index (χ1v) is 7.49. The first kappa shape index (κ1) is 16.3. The summed E-state index contributed by atoms with van der Waals surface area (Å²) in [5, 5.41) is 0. The molecule has 1 saturated heterocycles. The number of carbonyl (C=O) groups is 1. The van der Waals surface area contributed by atoms with Gasteiger partial charge in [-0.3, -0.25) is 9.78 Å². The number of amides is 1. The molecule has 1 aromatic heterocycles. The molecule has 4 nitrogen and oxygen atoms in total. The molecule has 7 heteroatoms. The molecule has 0 saturated carbocycles. The van der Waals surface area contributed by atoms with Gasteiger partial charge in [0.1, 0.15) is 0 Å². The van der Waals surface area contributed by atoms with E-state index in [9.17, 15) is 18.0 Å². The van der Waals surface area contributed by atoms with Crippen molar-refractivity contribution < 1.29 is 18.0 Å². The van der Waals surface area contributed by atoms with Gasteiger partial charge in [-0.15, -0.1) is 0 Å². The fourth-order valence-electron chi connectivity index (χ4n) is 2.77. The summed E-state index contributed by atoms with van der Waals surface area (Å²) < 4.78 is 39.4. The van der Waals surface area contributed by atoms with Crippen LogP contribution < -0.4 is 4.90 Å². The molecule has 2 heterocycles. The molecule has 3 rings (SSSR count). The summed E-state index contributed by atoms with van der Waals surface area (Å²) in [6.45, 7) is 1.45. The number of pyridine rings is 1. The van der Waals surface area contributed by atoms with Gasteiger partial charge in [-0.1, -0.05) is 12.1 Å². The van der Waals surface area contributed by atoms with Crippen molar-refractivity contribution in [3.8, 4) is 0 Å². The van der Waals surface area contributed by atoms with Crippen LogP contribution >= 0.6 is 0 Å². The Kier molecular flexibility index (Phi) is 4.42. The normalized spacial score (nSPS) is 15.5. The molecule has 0 N–H and O–H groups in total. The lowest BCUT2D eigenvalue weighted by molar-refractivity contribution is -0.137. The highest BCUT2D eigenvalue weighted by Gasteiger charge is 2.35. The first-order chi connectivity index (χ1) is 11.5. The van der Waals surface area contributed by atoms with Gasteiger partial charge in [0, 0.05) is 43.6 Å². The molecule has 24 heavy (non-hydrogen) atoms. The van der Waals surface area contributed by atoms with Gasteiger partial charge in [-0.05, 0) is 24.3 Å². The van der Waals surface area contributed by atoms with E-state index in [0.717, 1.165) is 6.07 Å². The fraction of sp³-hybridized carbons (Fsp3) is 0.294. The number of piperazine rings is 1. The maximum Gasteiger partial charge on any atom is 0.418 e. The van der Waals surface area contributed by atoms with Crippen molar-refractivity contribution in [1.82, 2.24) is 9.88 Å². The van der Waals surface area contributed by atoms with Gasteiger partial charge in [-0.2, -0.15) is 13.2 Å². The lowest BCUT2D eigenvalue weighted by atomic mass is 10.1. The Morgan fingerprint density at radius 3 is 2.42 bits per heavy atom. The zero-order valence-electron chi connectivity index (χ0n) is 12.8. The molecule has 0 atom stereocenters. The minimum Gasteiger partial charge on any atom is -0.367 e. The second-order valence-corrected chi connectivity index (χ2v) is 5.47. The highest BCUT2D eigenvalue weighted by molar-refractivity contribution is 5.94. The van der Waals surface area contributed by atoms with Crippen LogP contribution in [0.25, 0.3) is 0 Å². The first-order valence-electron chi connectivity index (χ1n) is 7.49. The third kappa shape index (κ3) is 3.34. The summed E-state index contributed by atoms with van der Waals surface area (Å²) in [5.74, 6) is -0.155. The van der Waals surface area contributed by atoms with E-state index < -0.39 is 11.7 Å². The standard InChI is InChI=1S/C17H15F3N3O/c18-17(19,20)14-3-1-2-4-15(14)22-9-11-23(12-10-22)16(24)13-5-7-21-8-6-13/h1-7H,9-12H2. The van der Waals surface area contributed by atoms with Gasteiger partial charge in [-0.25, -0.2) is 0 Å². The molecule has 1 amide bonds. The van der Waals surface area contributed by atoms with E-state index in [1.54, 1.807) is 21.9 Å². The van der Waals surface area contributed by atoms with Crippen LogP contribution in [0.1, 0.15) is 15.9 Å². The molecular weight excluding hydrogens is 319 g/mol. The SMILES string of the molecule is O=C(c1c[c]ncc1)N1CCN(c2ccccc2C(F)(F)F)CC1. The van der Waals surface area contributed by atoms with Crippen LogP contribution in [0.5, 0.6) is 0 Å². The van der Waals surface area contributed by atoms with E-state index in [4.69, 9.17) is 0 Å². The van der Waals surface area contributed by atoms with Crippen LogP contribution in [0.4, 0.5) is 18.9 Å². The van der Waals surface area contributed by atoms with Gasteiger partial charge in [0.15, 0.2) is 0 Å². The fourth-order valence-corrected chi connectivity index (χ4v) is 2.77. The van der Waals surface area contributed by atoms with Crippen LogP contribution in [0.2, 0.25) is 0 Å². The summed E-state index contributed by atoms with van der Waals surface area (Å²) >= 11 is 0. The van der Waals surface area contributed by atoms with Crippen LogP contribution in [0.15, 0.2) is 42.6 Å². The number of benzene rings is 1. The molecule has 0 bridgehead atoms. The maximum absolute atomic E-state index is 13.1. The maximum atomic E-state index is 13.1. The van der Waals surface area contributed by atoms with E-state index in [-0.39, 0.29) is 11.6 Å². The zero-order valence-corrected chi connectivity index (χ0v) is 12.8. The topological polar surface area (TPSA) is 36.4 Å². The molecule has 1 aliphatic rings. The lowest BCUT2D eigenvalue weighted by Gasteiger charge is -2.37. The zero-order chi connectivity index (χ0) is 17.2. The average molecular weight is 334 g/mol. The van der Waals surface area contributed by atoms with Gasteiger partial charge < -0.3 is 9.80 Å². The summed E-state index contributed by atoms with van der Waals surface area (Å²) in [7, 11) is 0. The highest BCUT2D eigenvalue weighted by Crippen LogP contribution is 2.36. The minimum atomic E-state index is -4.39. The summed E-state index contributed by atoms with van der Waals surface area (Å²) in [5.41, 5.74) is -0.00278. The molecule has 125 valence electrons. The van der Waals surface area contributed by atoms with Crippen molar-refractivity contribution >= 4 is 11.6 Å². The smallest absolute Gasteiger partial charge is 0.367 e. The quantitative estimate of drug-likeness (QED) is 0.847. The molecule has 1 aromatic carbocycles. The van der Waals surface area contributed by atoms with E-state index >= 15 is 0 Å². The third-order valence-electron chi connectivity index (χ3n) is 3.99. The number of carbonyl (C=O) groups excluding carboxylic acids is 1. The average Bonchev–Trinajstić information content (AvgIpc) is 2.61. The number of hydrogen-bond acceptors (Lipinski definition) is 3. The Bertz CT molecular complexity index is 711. The second kappa shape index (κ2) is 6.51. The number of aromatic nitrogens is 1. The Morgan fingerprint density at radius 2 is 1.79 bits per heavy atom. The van der Waals surface area contributed by atoms with Crippen molar-refractivity contribution in [3.05, 3.63) is 59.9 Å².